The van der Waals surface area contributed by atoms with Gasteiger partial charge in [-0.2, -0.15) is 0 Å². The minimum Gasteiger partial charge on any atom is -0.395 e. The van der Waals surface area contributed by atoms with Crippen molar-refractivity contribution in [1.82, 2.24) is 14.9 Å². The highest BCUT2D eigenvalue weighted by atomic mass is 16.3. The lowest BCUT2D eigenvalue weighted by Gasteiger charge is -2.11. The van der Waals surface area contributed by atoms with Gasteiger partial charge in [0.05, 0.1) is 18.6 Å². The van der Waals surface area contributed by atoms with Crippen molar-refractivity contribution in [2.24, 2.45) is 0 Å². The maximum absolute atomic E-state index is 8.85. The van der Waals surface area contributed by atoms with Gasteiger partial charge < -0.3 is 15.0 Å². The lowest BCUT2D eigenvalue weighted by Crippen LogP contribution is -2.29. The van der Waals surface area contributed by atoms with Crippen LogP contribution in [0.4, 0.5) is 0 Å². The molecule has 0 fully saturated rings. The quantitative estimate of drug-likeness (QED) is 0.708. The first-order chi connectivity index (χ1) is 6.77. The van der Waals surface area contributed by atoms with Gasteiger partial charge in [0.2, 0.25) is 0 Å². The van der Waals surface area contributed by atoms with Crippen molar-refractivity contribution in [1.29, 1.82) is 0 Å². The molecule has 0 bridgehead atoms. The molecule has 0 saturated carbocycles. The van der Waals surface area contributed by atoms with Crippen LogP contribution < -0.4 is 5.32 Å². The zero-order chi connectivity index (χ0) is 10.4. The van der Waals surface area contributed by atoms with Gasteiger partial charge in [-0.3, -0.25) is 0 Å². The smallest absolute Gasteiger partial charge is 0.0948 e. The molecule has 1 aromatic heterocycles. The summed E-state index contributed by atoms with van der Waals surface area (Å²) < 4.78 is 2.14. The molecule has 1 aromatic rings. The Labute approximate surface area is 85.0 Å². The summed E-state index contributed by atoms with van der Waals surface area (Å²) in [5.74, 6) is 0. The molecule has 0 radical (unpaired) electrons. The highest BCUT2D eigenvalue weighted by molar-refractivity contribution is 4.98. The van der Waals surface area contributed by atoms with Crippen molar-refractivity contribution in [3.63, 3.8) is 0 Å². The zero-order valence-electron chi connectivity index (χ0n) is 8.90. The number of hydrogen-bond donors (Lipinski definition) is 2. The monoisotopic (exact) mass is 197 g/mol. The number of imidazole rings is 1. The van der Waals surface area contributed by atoms with Crippen molar-refractivity contribution in [3.8, 4) is 0 Å². The van der Waals surface area contributed by atoms with E-state index in [4.69, 9.17) is 5.11 Å². The molecule has 0 aliphatic carbocycles. The summed E-state index contributed by atoms with van der Waals surface area (Å²) in [7, 11) is 0. The molecule has 4 nitrogen and oxygen atoms in total. The molecule has 0 aliphatic rings. The van der Waals surface area contributed by atoms with E-state index in [1.807, 2.05) is 19.4 Å². The molecule has 0 aromatic carbocycles. The van der Waals surface area contributed by atoms with Crippen molar-refractivity contribution in [2.45, 2.75) is 39.4 Å². The standard InChI is InChI=1S/C10H19N3O/c1-3-4-13-8-11-5-10(13)6-12-9(2)7-14/h5,8-9,12,14H,3-4,6-7H2,1-2H3. The summed E-state index contributed by atoms with van der Waals surface area (Å²) in [6, 6.07) is 0.139. The van der Waals surface area contributed by atoms with Crippen LogP contribution in [0, 0.1) is 0 Å². The van der Waals surface area contributed by atoms with Gasteiger partial charge in [-0.25, -0.2) is 4.98 Å². The Morgan fingerprint density at radius 3 is 3.07 bits per heavy atom. The number of rotatable bonds is 6. The first-order valence-electron chi connectivity index (χ1n) is 5.11. The summed E-state index contributed by atoms with van der Waals surface area (Å²) in [5, 5.41) is 12.1. The second-order valence-corrected chi connectivity index (χ2v) is 3.54. The maximum atomic E-state index is 8.85. The first kappa shape index (κ1) is 11.2. The Bertz CT molecular complexity index is 260. The van der Waals surface area contributed by atoms with E-state index in [9.17, 15) is 0 Å². The normalized spacial score (nSPS) is 13.1. The molecule has 1 rings (SSSR count). The molecule has 0 aliphatic heterocycles. The molecule has 1 unspecified atom stereocenters. The van der Waals surface area contributed by atoms with Crippen molar-refractivity contribution >= 4 is 0 Å². The molecule has 1 heterocycles. The summed E-state index contributed by atoms with van der Waals surface area (Å²) in [5.41, 5.74) is 1.17. The third-order valence-corrected chi connectivity index (χ3v) is 2.17. The Kier molecular flexibility index (Phi) is 4.62. The first-order valence-corrected chi connectivity index (χ1v) is 5.11. The van der Waals surface area contributed by atoms with E-state index >= 15 is 0 Å². The number of aromatic nitrogens is 2. The van der Waals surface area contributed by atoms with Crippen LogP contribution in [0.1, 0.15) is 26.0 Å². The molecular weight excluding hydrogens is 178 g/mol. The lowest BCUT2D eigenvalue weighted by atomic mass is 10.3. The van der Waals surface area contributed by atoms with E-state index in [0.717, 1.165) is 19.5 Å². The Hall–Kier alpha value is -0.870. The van der Waals surface area contributed by atoms with Crippen LogP contribution in [0.5, 0.6) is 0 Å². The minimum atomic E-state index is 0.139. The number of aliphatic hydroxyl groups is 1. The van der Waals surface area contributed by atoms with Gasteiger partial charge in [0.25, 0.3) is 0 Å². The SMILES string of the molecule is CCCn1cncc1CNC(C)CO. The van der Waals surface area contributed by atoms with E-state index in [1.165, 1.54) is 5.69 Å². The Morgan fingerprint density at radius 1 is 1.64 bits per heavy atom. The molecule has 14 heavy (non-hydrogen) atoms. The van der Waals surface area contributed by atoms with Crippen LogP contribution in [-0.4, -0.2) is 27.3 Å². The van der Waals surface area contributed by atoms with Crippen LogP contribution in [0.25, 0.3) is 0 Å². The van der Waals surface area contributed by atoms with Gasteiger partial charge in [0.1, 0.15) is 0 Å². The van der Waals surface area contributed by atoms with E-state index in [0.29, 0.717) is 0 Å². The summed E-state index contributed by atoms with van der Waals surface area (Å²) in [4.78, 5) is 4.10. The molecular formula is C10H19N3O. The highest BCUT2D eigenvalue weighted by Crippen LogP contribution is 2.00. The summed E-state index contributed by atoms with van der Waals surface area (Å²) in [6.07, 6.45) is 4.83. The van der Waals surface area contributed by atoms with Gasteiger partial charge in [0.15, 0.2) is 0 Å². The minimum absolute atomic E-state index is 0.139. The molecule has 80 valence electrons. The second kappa shape index (κ2) is 5.78. The largest absolute Gasteiger partial charge is 0.395 e. The molecule has 0 amide bonds. The fraction of sp³-hybridized carbons (Fsp3) is 0.700. The topological polar surface area (TPSA) is 50.1 Å². The fourth-order valence-electron chi connectivity index (χ4n) is 1.28. The molecule has 4 heteroatoms. The van der Waals surface area contributed by atoms with Crippen LogP contribution >= 0.6 is 0 Å². The van der Waals surface area contributed by atoms with Gasteiger partial charge in [-0.05, 0) is 13.3 Å². The molecule has 2 N–H and O–H groups in total. The van der Waals surface area contributed by atoms with E-state index in [2.05, 4.69) is 21.8 Å². The van der Waals surface area contributed by atoms with E-state index < -0.39 is 0 Å². The number of aryl methyl sites for hydroxylation is 1. The molecule has 1 atom stereocenters. The van der Waals surface area contributed by atoms with Gasteiger partial charge in [-0.15, -0.1) is 0 Å². The third-order valence-electron chi connectivity index (χ3n) is 2.17. The summed E-state index contributed by atoms with van der Waals surface area (Å²) >= 11 is 0. The van der Waals surface area contributed by atoms with Crippen LogP contribution in [0.3, 0.4) is 0 Å². The van der Waals surface area contributed by atoms with Crippen LogP contribution in [-0.2, 0) is 13.1 Å². The van der Waals surface area contributed by atoms with E-state index in [-0.39, 0.29) is 12.6 Å². The van der Waals surface area contributed by atoms with Crippen molar-refractivity contribution < 1.29 is 5.11 Å². The van der Waals surface area contributed by atoms with E-state index in [1.54, 1.807) is 0 Å². The number of hydrogen-bond acceptors (Lipinski definition) is 3. The van der Waals surface area contributed by atoms with Crippen LogP contribution in [0.15, 0.2) is 12.5 Å². The molecule has 0 spiro atoms. The Morgan fingerprint density at radius 2 is 2.43 bits per heavy atom. The van der Waals surface area contributed by atoms with Crippen molar-refractivity contribution in [3.05, 3.63) is 18.2 Å². The average Bonchev–Trinajstić information content (AvgIpc) is 2.62. The maximum Gasteiger partial charge on any atom is 0.0948 e. The van der Waals surface area contributed by atoms with Gasteiger partial charge in [-0.1, -0.05) is 6.92 Å². The van der Waals surface area contributed by atoms with Crippen LogP contribution in [0.2, 0.25) is 0 Å². The highest BCUT2D eigenvalue weighted by Gasteiger charge is 2.03. The predicted octanol–water partition coefficient (Wildman–Crippen LogP) is 0.763. The van der Waals surface area contributed by atoms with Crippen molar-refractivity contribution in [2.75, 3.05) is 6.61 Å². The second-order valence-electron chi connectivity index (χ2n) is 3.54. The third kappa shape index (κ3) is 3.12. The summed E-state index contributed by atoms with van der Waals surface area (Å²) in [6.45, 7) is 6.04. The lowest BCUT2D eigenvalue weighted by molar-refractivity contribution is 0.250. The average molecular weight is 197 g/mol. The number of aliphatic hydroxyl groups excluding tert-OH is 1. The predicted molar refractivity (Wildman–Crippen MR) is 55.9 cm³/mol. The van der Waals surface area contributed by atoms with Gasteiger partial charge in [0, 0.05) is 25.3 Å². The molecule has 0 saturated heterocycles. The zero-order valence-corrected chi connectivity index (χ0v) is 8.90. The van der Waals surface area contributed by atoms with Gasteiger partial charge >= 0.3 is 0 Å². The fourth-order valence-corrected chi connectivity index (χ4v) is 1.28. The Balaban J connectivity index is 2.45. The number of nitrogens with zero attached hydrogens (tertiary/aromatic N) is 2. The number of nitrogens with one attached hydrogen (secondary N) is 1.